The normalized spacial score (nSPS) is 14.6. The SMILES string of the molecule is Cc1[nH]c2c(C(=O)N3CCCn4nc(CO)cc4C3)cccc2c1C. The lowest BCUT2D eigenvalue weighted by Crippen LogP contribution is -2.30. The Morgan fingerprint density at radius 2 is 2.16 bits per heavy atom. The molecule has 6 nitrogen and oxygen atoms in total. The molecule has 0 radical (unpaired) electrons. The molecule has 1 aromatic carbocycles. The Labute approximate surface area is 146 Å². The van der Waals surface area contributed by atoms with Gasteiger partial charge >= 0.3 is 0 Å². The number of fused-ring (bicyclic) bond motifs is 2. The van der Waals surface area contributed by atoms with Gasteiger partial charge in [0.2, 0.25) is 0 Å². The highest BCUT2D eigenvalue weighted by atomic mass is 16.3. The summed E-state index contributed by atoms with van der Waals surface area (Å²) in [5.41, 5.74) is 5.53. The number of aliphatic hydroxyl groups is 1. The van der Waals surface area contributed by atoms with E-state index in [9.17, 15) is 9.90 Å². The van der Waals surface area contributed by atoms with E-state index in [4.69, 9.17) is 0 Å². The van der Waals surface area contributed by atoms with Crippen molar-refractivity contribution >= 4 is 16.8 Å². The number of rotatable bonds is 2. The van der Waals surface area contributed by atoms with E-state index in [2.05, 4.69) is 23.1 Å². The summed E-state index contributed by atoms with van der Waals surface area (Å²) in [4.78, 5) is 18.4. The maximum Gasteiger partial charge on any atom is 0.256 e. The molecular formula is C19H22N4O2. The van der Waals surface area contributed by atoms with Gasteiger partial charge in [-0.2, -0.15) is 5.10 Å². The van der Waals surface area contributed by atoms with Gasteiger partial charge in [0, 0.05) is 24.2 Å². The first-order chi connectivity index (χ1) is 12.1. The van der Waals surface area contributed by atoms with Crippen LogP contribution in [0.15, 0.2) is 24.3 Å². The zero-order valence-corrected chi connectivity index (χ0v) is 14.5. The Morgan fingerprint density at radius 1 is 1.32 bits per heavy atom. The van der Waals surface area contributed by atoms with Crippen LogP contribution in [0.4, 0.5) is 0 Å². The van der Waals surface area contributed by atoms with Crippen LogP contribution >= 0.6 is 0 Å². The van der Waals surface area contributed by atoms with E-state index >= 15 is 0 Å². The molecule has 0 saturated heterocycles. The quantitative estimate of drug-likeness (QED) is 0.754. The van der Waals surface area contributed by atoms with E-state index in [1.807, 2.05) is 34.7 Å². The number of aliphatic hydroxyl groups excluding tert-OH is 1. The predicted molar refractivity (Wildman–Crippen MR) is 95.3 cm³/mol. The average molecular weight is 338 g/mol. The Balaban J connectivity index is 1.70. The van der Waals surface area contributed by atoms with Gasteiger partial charge in [-0.05, 0) is 38.0 Å². The Kier molecular flexibility index (Phi) is 3.84. The lowest BCUT2D eigenvalue weighted by molar-refractivity contribution is 0.0747. The standard InChI is InChI=1S/C19H22N4O2/c1-12-13(2)20-18-16(12)5-3-6-17(18)19(25)22-7-4-8-23-15(10-22)9-14(11-24)21-23/h3,5-6,9,20,24H,4,7-8,10-11H2,1-2H3. The van der Waals surface area contributed by atoms with Crippen molar-refractivity contribution in [1.29, 1.82) is 0 Å². The summed E-state index contributed by atoms with van der Waals surface area (Å²) >= 11 is 0. The van der Waals surface area contributed by atoms with Gasteiger partial charge in [-0.1, -0.05) is 12.1 Å². The van der Waals surface area contributed by atoms with Crippen LogP contribution in [0.1, 0.15) is 39.4 Å². The number of aromatic nitrogens is 3. The van der Waals surface area contributed by atoms with E-state index < -0.39 is 0 Å². The largest absolute Gasteiger partial charge is 0.390 e. The number of carbonyl (C=O) groups excluding carboxylic acids is 1. The van der Waals surface area contributed by atoms with Gasteiger partial charge in [-0.15, -0.1) is 0 Å². The number of H-pyrrole nitrogens is 1. The number of para-hydroxylation sites is 1. The van der Waals surface area contributed by atoms with Gasteiger partial charge in [0.25, 0.3) is 5.91 Å². The van der Waals surface area contributed by atoms with Crippen LogP contribution in [-0.2, 0) is 19.7 Å². The zero-order valence-electron chi connectivity index (χ0n) is 14.5. The lowest BCUT2D eigenvalue weighted by Gasteiger charge is -2.20. The molecule has 2 N–H and O–H groups in total. The molecule has 6 heteroatoms. The van der Waals surface area contributed by atoms with Gasteiger partial charge in [-0.25, -0.2) is 0 Å². The number of aryl methyl sites for hydroxylation is 3. The summed E-state index contributed by atoms with van der Waals surface area (Å²) in [7, 11) is 0. The van der Waals surface area contributed by atoms with Crippen molar-refractivity contribution in [3.8, 4) is 0 Å². The number of amides is 1. The molecule has 2 aromatic heterocycles. The van der Waals surface area contributed by atoms with Crippen molar-refractivity contribution in [3.63, 3.8) is 0 Å². The fourth-order valence-electron chi connectivity index (χ4n) is 3.60. The van der Waals surface area contributed by atoms with Crippen molar-refractivity contribution in [2.45, 2.75) is 40.0 Å². The molecule has 0 atom stereocenters. The Bertz CT molecular complexity index is 954. The third-order valence-corrected chi connectivity index (χ3v) is 5.09. The first kappa shape index (κ1) is 15.9. The molecule has 130 valence electrons. The van der Waals surface area contributed by atoms with Gasteiger partial charge in [0.15, 0.2) is 0 Å². The number of carbonyl (C=O) groups is 1. The minimum absolute atomic E-state index is 0.0343. The smallest absolute Gasteiger partial charge is 0.256 e. The lowest BCUT2D eigenvalue weighted by atomic mass is 10.1. The Morgan fingerprint density at radius 3 is 2.96 bits per heavy atom. The van der Waals surface area contributed by atoms with E-state index in [1.165, 1.54) is 5.56 Å². The average Bonchev–Trinajstić information content (AvgIpc) is 3.07. The molecule has 4 rings (SSSR count). The van der Waals surface area contributed by atoms with Crippen LogP contribution < -0.4 is 0 Å². The third-order valence-electron chi connectivity index (χ3n) is 5.09. The second-order valence-electron chi connectivity index (χ2n) is 6.69. The van der Waals surface area contributed by atoms with Crippen LogP contribution in [0.25, 0.3) is 10.9 Å². The van der Waals surface area contributed by atoms with Crippen molar-refractivity contribution in [2.75, 3.05) is 6.54 Å². The number of benzene rings is 1. The van der Waals surface area contributed by atoms with Gasteiger partial charge in [0.05, 0.1) is 35.6 Å². The second-order valence-corrected chi connectivity index (χ2v) is 6.69. The first-order valence-corrected chi connectivity index (χ1v) is 8.62. The zero-order chi connectivity index (χ0) is 17.6. The molecule has 0 aliphatic carbocycles. The predicted octanol–water partition coefficient (Wildman–Crippen LogP) is 2.52. The number of nitrogens with zero attached hydrogens (tertiary/aromatic N) is 3. The van der Waals surface area contributed by atoms with E-state index in [-0.39, 0.29) is 12.5 Å². The highest BCUT2D eigenvalue weighted by Crippen LogP contribution is 2.26. The van der Waals surface area contributed by atoms with Gasteiger partial charge in [0.1, 0.15) is 0 Å². The van der Waals surface area contributed by atoms with Crippen molar-refractivity contribution in [3.05, 3.63) is 52.5 Å². The molecule has 3 aromatic rings. The van der Waals surface area contributed by atoms with Crippen LogP contribution in [0.2, 0.25) is 0 Å². The molecule has 0 spiro atoms. The maximum absolute atomic E-state index is 13.2. The number of aromatic amines is 1. The van der Waals surface area contributed by atoms with Crippen LogP contribution in [-0.4, -0.2) is 37.2 Å². The molecule has 0 bridgehead atoms. The fourth-order valence-corrected chi connectivity index (χ4v) is 3.60. The van der Waals surface area contributed by atoms with Crippen molar-refractivity contribution in [1.82, 2.24) is 19.7 Å². The minimum Gasteiger partial charge on any atom is -0.390 e. The minimum atomic E-state index is -0.0751. The fraction of sp³-hybridized carbons (Fsp3) is 0.368. The summed E-state index contributed by atoms with van der Waals surface area (Å²) < 4.78 is 1.91. The van der Waals surface area contributed by atoms with Gasteiger partial charge in [-0.3, -0.25) is 9.48 Å². The summed E-state index contributed by atoms with van der Waals surface area (Å²) in [5.74, 6) is 0.0343. The van der Waals surface area contributed by atoms with Gasteiger partial charge < -0.3 is 15.0 Å². The molecule has 1 aliphatic heterocycles. The molecular weight excluding hydrogens is 316 g/mol. The molecule has 0 saturated carbocycles. The third kappa shape index (κ3) is 2.62. The molecule has 0 unspecified atom stereocenters. The van der Waals surface area contributed by atoms with E-state index in [1.54, 1.807) is 0 Å². The number of hydrogen-bond donors (Lipinski definition) is 2. The first-order valence-electron chi connectivity index (χ1n) is 8.62. The maximum atomic E-state index is 13.2. The second kappa shape index (κ2) is 6.04. The van der Waals surface area contributed by atoms with E-state index in [0.29, 0.717) is 24.3 Å². The molecule has 1 amide bonds. The van der Waals surface area contributed by atoms with Crippen LogP contribution in [0.3, 0.4) is 0 Å². The molecule has 25 heavy (non-hydrogen) atoms. The number of hydrogen-bond acceptors (Lipinski definition) is 3. The van der Waals surface area contributed by atoms with Crippen LogP contribution in [0, 0.1) is 13.8 Å². The van der Waals surface area contributed by atoms with Crippen molar-refractivity contribution < 1.29 is 9.90 Å². The Hall–Kier alpha value is -2.60. The highest BCUT2D eigenvalue weighted by Gasteiger charge is 2.23. The highest BCUT2D eigenvalue weighted by molar-refractivity contribution is 6.06. The monoisotopic (exact) mass is 338 g/mol. The summed E-state index contributed by atoms with van der Waals surface area (Å²) in [6.45, 7) is 6.01. The topological polar surface area (TPSA) is 74.2 Å². The van der Waals surface area contributed by atoms with Crippen LogP contribution in [0.5, 0.6) is 0 Å². The van der Waals surface area contributed by atoms with Crippen molar-refractivity contribution in [2.24, 2.45) is 0 Å². The van der Waals surface area contributed by atoms with E-state index in [0.717, 1.165) is 35.3 Å². The number of nitrogens with one attached hydrogen (secondary N) is 1. The summed E-state index contributed by atoms with van der Waals surface area (Å²) in [5, 5.41) is 14.8. The summed E-state index contributed by atoms with van der Waals surface area (Å²) in [6.07, 6.45) is 0.851. The molecule has 0 fully saturated rings. The summed E-state index contributed by atoms with van der Waals surface area (Å²) in [6, 6.07) is 7.77. The molecule has 1 aliphatic rings. The molecule has 3 heterocycles.